The van der Waals surface area contributed by atoms with Crippen molar-refractivity contribution in [2.24, 2.45) is 5.18 Å². The van der Waals surface area contributed by atoms with E-state index in [1.54, 1.807) is 7.11 Å². The second-order valence-corrected chi connectivity index (χ2v) is 7.72. The predicted molar refractivity (Wildman–Crippen MR) is 132 cm³/mol. The van der Waals surface area contributed by atoms with Crippen molar-refractivity contribution in [3.63, 3.8) is 0 Å². The minimum atomic E-state index is 0.182. The molecule has 6 heteroatoms. The summed E-state index contributed by atoms with van der Waals surface area (Å²) < 4.78 is 4.54. The van der Waals surface area contributed by atoms with Gasteiger partial charge in [-0.2, -0.15) is 4.91 Å². The zero-order chi connectivity index (χ0) is 23.1. The van der Waals surface area contributed by atoms with E-state index in [2.05, 4.69) is 9.91 Å². The molecule has 0 bridgehead atoms. The number of ether oxygens (including phenoxy) is 1. The lowest BCUT2D eigenvalue weighted by atomic mass is 10.0. The molecule has 1 N–H and O–H groups in total. The lowest BCUT2D eigenvalue weighted by molar-refractivity contribution is -0.104. The van der Waals surface area contributed by atoms with E-state index in [4.69, 9.17) is 5.41 Å². The number of nitroso groups, excluding NO2 is 1. The average molecular weight is 439 g/mol. The SMILES string of the molecule is CC/C(S/C(C=O)=C/c1ccc(-c2ccc(CN=O)cc2)cc1)=C(/C)C=N.CCOC. The molecule has 0 fully saturated rings. The minimum absolute atomic E-state index is 0.182. The monoisotopic (exact) mass is 438 g/mol. The summed E-state index contributed by atoms with van der Waals surface area (Å²) in [5, 5.41) is 10.3. The van der Waals surface area contributed by atoms with Gasteiger partial charge in [0.1, 0.15) is 6.54 Å². The van der Waals surface area contributed by atoms with Crippen molar-refractivity contribution >= 4 is 30.3 Å². The molecule has 0 aromatic heterocycles. The van der Waals surface area contributed by atoms with Crippen molar-refractivity contribution in [2.45, 2.75) is 33.7 Å². The molecule has 2 aromatic carbocycles. The van der Waals surface area contributed by atoms with Gasteiger partial charge in [-0.3, -0.25) is 4.79 Å². The first kappa shape index (κ1) is 26.2. The first-order valence-corrected chi connectivity index (χ1v) is 10.9. The van der Waals surface area contributed by atoms with Gasteiger partial charge < -0.3 is 10.1 Å². The van der Waals surface area contributed by atoms with E-state index in [0.29, 0.717) is 4.91 Å². The Bertz CT molecular complexity index is 899. The van der Waals surface area contributed by atoms with E-state index in [-0.39, 0.29) is 6.54 Å². The second kappa shape index (κ2) is 15.0. The Labute approximate surface area is 189 Å². The zero-order valence-electron chi connectivity index (χ0n) is 18.6. The van der Waals surface area contributed by atoms with Gasteiger partial charge in [0, 0.05) is 19.9 Å². The lowest BCUT2D eigenvalue weighted by Gasteiger charge is -2.07. The first-order chi connectivity index (χ1) is 15.0. The third kappa shape index (κ3) is 9.24. The van der Waals surface area contributed by atoms with Crippen LogP contribution >= 0.6 is 11.8 Å². The summed E-state index contributed by atoms with van der Waals surface area (Å²) in [4.78, 5) is 23.4. The number of nitrogens with zero attached hydrogens (tertiary/aromatic N) is 1. The summed E-state index contributed by atoms with van der Waals surface area (Å²) in [6, 6.07) is 15.7. The van der Waals surface area contributed by atoms with Gasteiger partial charge in [0.25, 0.3) is 0 Å². The molecule has 0 spiro atoms. The number of thioether (sulfide) groups is 1. The number of carbonyl (C=O) groups excluding carboxylic acids is 1. The first-order valence-electron chi connectivity index (χ1n) is 10.0. The van der Waals surface area contributed by atoms with E-state index in [1.807, 2.05) is 75.4 Å². The molecule has 0 heterocycles. The summed E-state index contributed by atoms with van der Waals surface area (Å²) in [7, 11) is 1.68. The number of carbonyl (C=O) groups is 1. The molecule has 31 heavy (non-hydrogen) atoms. The number of benzene rings is 2. The molecule has 2 aromatic rings. The van der Waals surface area contributed by atoms with Crippen LogP contribution in [0.25, 0.3) is 17.2 Å². The van der Waals surface area contributed by atoms with Gasteiger partial charge in [-0.15, -0.1) is 0 Å². The molecule has 2 rings (SSSR count). The number of methoxy groups -OCH3 is 1. The summed E-state index contributed by atoms with van der Waals surface area (Å²) in [5.41, 5.74) is 4.83. The van der Waals surface area contributed by atoms with Crippen LogP contribution in [-0.2, 0) is 16.1 Å². The molecule has 0 amide bonds. The van der Waals surface area contributed by atoms with Crippen LogP contribution < -0.4 is 0 Å². The highest BCUT2D eigenvalue weighted by Gasteiger charge is 2.05. The quantitative estimate of drug-likeness (QED) is 0.190. The maximum Gasteiger partial charge on any atom is 0.156 e. The molecule has 0 atom stereocenters. The van der Waals surface area contributed by atoms with Crippen LogP contribution in [0.1, 0.15) is 38.3 Å². The Morgan fingerprint density at radius 3 is 2.03 bits per heavy atom. The highest BCUT2D eigenvalue weighted by molar-refractivity contribution is 8.07. The van der Waals surface area contributed by atoms with Gasteiger partial charge >= 0.3 is 0 Å². The number of rotatable bonds is 10. The Morgan fingerprint density at radius 2 is 1.61 bits per heavy atom. The van der Waals surface area contributed by atoms with Crippen molar-refractivity contribution in [2.75, 3.05) is 13.7 Å². The van der Waals surface area contributed by atoms with Crippen molar-refractivity contribution in [1.29, 1.82) is 5.41 Å². The van der Waals surface area contributed by atoms with Crippen molar-refractivity contribution < 1.29 is 9.53 Å². The highest BCUT2D eigenvalue weighted by atomic mass is 32.2. The zero-order valence-corrected chi connectivity index (χ0v) is 19.4. The Balaban J connectivity index is 0.00000110. The van der Waals surface area contributed by atoms with Crippen molar-refractivity contribution in [1.82, 2.24) is 0 Å². The van der Waals surface area contributed by atoms with E-state index in [9.17, 15) is 9.70 Å². The molecule has 0 aliphatic carbocycles. The number of hydrogen-bond donors (Lipinski definition) is 1. The molecule has 0 saturated carbocycles. The van der Waals surface area contributed by atoms with Crippen LogP contribution in [0.15, 0.2) is 69.1 Å². The lowest BCUT2D eigenvalue weighted by Crippen LogP contribution is -1.88. The second-order valence-electron chi connectivity index (χ2n) is 6.55. The van der Waals surface area contributed by atoms with E-state index >= 15 is 0 Å². The molecule has 164 valence electrons. The van der Waals surface area contributed by atoms with Crippen molar-refractivity contribution in [3.8, 4) is 11.1 Å². The normalized spacial score (nSPS) is 11.7. The maximum absolute atomic E-state index is 11.4. The van der Waals surface area contributed by atoms with Crippen LogP contribution in [0.4, 0.5) is 0 Å². The fourth-order valence-electron chi connectivity index (χ4n) is 2.55. The predicted octanol–water partition coefficient (Wildman–Crippen LogP) is 6.88. The molecule has 0 radical (unpaired) electrons. The molecular formula is C25H30N2O3S. The van der Waals surface area contributed by atoms with Gasteiger partial charge in [0.15, 0.2) is 6.29 Å². The summed E-state index contributed by atoms with van der Waals surface area (Å²) >= 11 is 1.41. The Morgan fingerprint density at radius 1 is 1.06 bits per heavy atom. The van der Waals surface area contributed by atoms with Crippen LogP contribution in [0, 0.1) is 10.3 Å². The number of nitrogens with one attached hydrogen (secondary N) is 1. The fourth-order valence-corrected chi connectivity index (χ4v) is 3.45. The largest absolute Gasteiger partial charge is 0.385 e. The third-order valence-electron chi connectivity index (χ3n) is 4.38. The number of aldehydes is 1. The van der Waals surface area contributed by atoms with Gasteiger partial charge in [-0.25, -0.2) is 0 Å². The van der Waals surface area contributed by atoms with Gasteiger partial charge in [-0.05, 0) is 59.1 Å². The average Bonchev–Trinajstić information content (AvgIpc) is 2.82. The van der Waals surface area contributed by atoms with E-state index < -0.39 is 0 Å². The molecule has 5 nitrogen and oxygen atoms in total. The van der Waals surface area contributed by atoms with Gasteiger partial charge in [-0.1, -0.05) is 72.4 Å². The standard InChI is InChI=1S/C22H22N2O2S.C3H8O/c1-3-22(16(2)13-23)27-21(15-25)12-17-4-8-19(9-5-17)20-10-6-18(7-11-20)14-24-26;1-3-4-2/h4-13,15,23H,3,14H2,1-2H3;3H2,1-2H3/b21-12+,22-16+,23-13?;. The topological polar surface area (TPSA) is 79.6 Å². The molecule has 0 unspecified atom stereocenters. The number of allylic oxidation sites excluding steroid dienone is 3. The van der Waals surface area contributed by atoms with Crippen LogP contribution in [-0.4, -0.2) is 26.2 Å². The fraction of sp³-hybridized carbons (Fsp3) is 0.280. The maximum atomic E-state index is 11.4. The van der Waals surface area contributed by atoms with Crippen LogP contribution in [0.2, 0.25) is 0 Å². The summed E-state index contributed by atoms with van der Waals surface area (Å²) in [5.74, 6) is 0. The van der Waals surface area contributed by atoms with Gasteiger partial charge in [0.2, 0.25) is 0 Å². The Hall–Kier alpha value is -2.83. The van der Waals surface area contributed by atoms with Gasteiger partial charge in [0.05, 0.1) is 4.91 Å². The van der Waals surface area contributed by atoms with E-state index in [1.165, 1.54) is 18.0 Å². The molecule has 0 saturated heterocycles. The number of hydrogen-bond acceptors (Lipinski definition) is 6. The van der Waals surface area contributed by atoms with E-state index in [0.717, 1.165) is 52.0 Å². The highest BCUT2D eigenvalue weighted by Crippen LogP contribution is 2.30. The third-order valence-corrected chi connectivity index (χ3v) is 5.68. The van der Waals surface area contributed by atoms with Crippen LogP contribution in [0.5, 0.6) is 0 Å². The minimum Gasteiger partial charge on any atom is -0.385 e. The van der Waals surface area contributed by atoms with Crippen molar-refractivity contribution in [3.05, 3.63) is 79.9 Å². The molecule has 0 aliphatic heterocycles. The summed E-state index contributed by atoms with van der Waals surface area (Å²) in [6.45, 7) is 6.86. The molecule has 0 aliphatic rings. The Kier molecular flexibility index (Phi) is 12.7. The summed E-state index contributed by atoms with van der Waals surface area (Å²) in [6.07, 6.45) is 4.81. The van der Waals surface area contributed by atoms with Crippen LogP contribution in [0.3, 0.4) is 0 Å². The smallest absolute Gasteiger partial charge is 0.156 e. The molecular weight excluding hydrogens is 408 g/mol.